The van der Waals surface area contributed by atoms with Crippen LogP contribution in [0.2, 0.25) is 0 Å². The first-order valence-electron chi connectivity index (χ1n) is 9.86. The molecule has 1 aromatic rings. The fourth-order valence-electron chi connectivity index (χ4n) is 4.52. The summed E-state index contributed by atoms with van der Waals surface area (Å²) in [6.45, 7) is 7.53. The number of allylic oxidation sites excluding steroid dienone is 4. The van der Waals surface area contributed by atoms with E-state index in [9.17, 15) is 13.2 Å². The maximum atomic E-state index is 13.3. The third-order valence-electron chi connectivity index (χ3n) is 5.94. The van der Waals surface area contributed by atoms with E-state index in [1.807, 2.05) is 6.92 Å². The van der Waals surface area contributed by atoms with Gasteiger partial charge in [-0.2, -0.15) is 13.2 Å². The Morgan fingerprint density at radius 3 is 2.76 bits per heavy atom. The van der Waals surface area contributed by atoms with Crippen molar-refractivity contribution in [1.82, 2.24) is 0 Å². The van der Waals surface area contributed by atoms with Crippen LogP contribution in [-0.2, 0) is 12.7 Å². The molecule has 156 valence electrons. The minimum Gasteiger partial charge on any atom is -0.490 e. The molecule has 3 rings (SSSR count). The van der Waals surface area contributed by atoms with Crippen molar-refractivity contribution < 1.29 is 17.9 Å². The van der Waals surface area contributed by atoms with Crippen molar-refractivity contribution >= 4 is 5.71 Å². The Labute approximate surface area is 169 Å². The Hall–Kier alpha value is -2.34. The molecular weight excluding hydrogens is 377 g/mol. The van der Waals surface area contributed by atoms with Gasteiger partial charge < -0.3 is 10.5 Å². The molecule has 0 heterocycles. The van der Waals surface area contributed by atoms with Crippen LogP contribution in [0.1, 0.15) is 44.2 Å². The molecule has 0 aliphatic heterocycles. The lowest BCUT2D eigenvalue weighted by Crippen LogP contribution is -2.19. The Morgan fingerprint density at radius 2 is 2.10 bits per heavy atom. The Kier molecular flexibility index (Phi) is 6.32. The number of benzene rings is 1. The average molecular weight is 404 g/mol. The molecule has 0 aromatic heterocycles. The second kappa shape index (κ2) is 8.57. The van der Waals surface area contributed by atoms with E-state index in [1.54, 1.807) is 12.3 Å². The summed E-state index contributed by atoms with van der Waals surface area (Å²) in [5.41, 5.74) is 8.30. The third-order valence-corrected chi connectivity index (χ3v) is 5.94. The first kappa shape index (κ1) is 21.4. The summed E-state index contributed by atoms with van der Waals surface area (Å²) in [5, 5.41) is 0. The molecule has 1 unspecified atom stereocenters. The summed E-state index contributed by atoms with van der Waals surface area (Å²) in [5.74, 6) is 0.957. The van der Waals surface area contributed by atoms with E-state index in [0.717, 1.165) is 36.6 Å². The van der Waals surface area contributed by atoms with Crippen LogP contribution in [0.3, 0.4) is 0 Å². The molecule has 0 bridgehead atoms. The van der Waals surface area contributed by atoms with Crippen LogP contribution in [0, 0.1) is 11.8 Å². The number of halogens is 3. The molecule has 0 radical (unpaired) electrons. The van der Waals surface area contributed by atoms with Crippen LogP contribution >= 0.6 is 0 Å². The van der Waals surface area contributed by atoms with Gasteiger partial charge in [0, 0.05) is 29.9 Å². The summed E-state index contributed by atoms with van der Waals surface area (Å²) in [7, 11) is 0. The van der Waals surface area contributed by atoms with Gasteiger partial charge in [-0.1, -0.05) is 30.4 Å². The number of alkyl halides is 3. The third kappa shape index (κ3) is 4.47. The maximum absolute atomic E-state index is 13.3. The number of nitrogens with two attached hydrogens (primary N) is 1. The number of nitrogens with zero attached hydrogens (tertiary/aromatic N) is 1. The lowest BCUT2D eigenvalue weighted by Gasteiger charge is -2.22. The lowest BCUT2D eigenvalue weighted by atomic mass is 9.86. The van der Waals surface area contributed by atoms with E-state index in [0.29, 0.717) is 11.8 Å². The van der Waals surface area contributed by atoms with Crippen molar-refractivity contribution in [3.05, 3.63) is 65.4 Å². The minimum atomic E-state index is -4.44. The lowest BCUT2D eigenvalue weighted by molar-refractivity contribution is -0.138. The van der Waals surface area contributed by atoms with Gasteiger partial charge in [-0.15, -0.1) is 0 Å². The monoisotopic (exact) mass is 404 g/mol. The van der Waals surface area contributed by atoms with Gasteiger partial charge in [-0.25, -0.2) is 0 Å². The summed E-state index contributed by atoms with van der Waals surface area (Å²) in [4.78, 5) is 4.28. The first-order chi connectivity index (χ1) is 13.8. The molecule has 3 atom stereocenters. The van der Waals surface area contributed by atoms with Gasteiger partial charge in [-0.05, 0) is 56.7 Å². The molecule has 3 nitrogen and oxygen atoms in total. The molecule has 1 aromatic carbocycles. The smallest absolute Gasteiger partial charge is 0.416 e. The van der Waals surface area contributed by atoms with Crippen LogP contribution < -0.4 is 10.5 Å². The molecule has 0 saturated heterocycles. The second-order valence-electron chi connectivity index (χ2n) is 7.68. The number of ether oxygens (including phenoxy) is 1. The second-order valence-corrected chi connectivity index (χ2v) is 7.68. The molecule has 2 N–H and O–H groups in total. The number of hydrogen-bond acceptors (Lipinski definition) is 3. The van der Waals surface area contributed by atoms with E-state index in [2.05, 4.69) is 30.6 Å². The van der Waals surface area contributed by atoms with Gasteiger partial charge in [0.1, 0.15) is 5.75 Å². The minimum absolute atomic E-state index is 0.0267. The molecule has 1 saturated carbocycles. The summed E-state index contributed by atoms with van der Waals surface area (Å²) in [6.07, 6.45) is 3.89. The van der Waals surface area contributed by atoms with Gasteiger partial charge in [0.15, 0.2) is 0 Å². The number of aliphatic imine (C=N–C) groups is 1. The van der Waals surface area contributed by atoms with Crippen molar-refractivity contribution in [1.29, 1.82) is 0 Å². The number of rotatable bonds is 6. The highest BCUT2D eigenvalue weighted by atomic mass is 19.4. The van der Waals surface area contributed by atoms with E-state index in [1.165, 1.54) is 11.6 Å². The molecule has 29 heavy (non-hydrogen) atoms. The van der Waals surface area contributed by atoms with E-state index in [4.69, 9.17) is 10.5 Å². The molecule has 1 fully saturated rings. The van der Waals surface area contributed by atoms with E-state index >= 15 is 0 Å². The zero-order chi connectivity index (χ0) is 21.2. The number of hydrogen-bond donors (Lipinski definition) is 1. The molecule has 6 heteroatoms. The van der Waals surface area contributed by atoms with Gasteiger partial charge >= 0.3 is 6.18 Å². The quantitative estimate of drug-likeness (QED) is 0.608. The molecule has 2 aliphatic carbocycles. The van der Waals surface area contributed by atoms with E-state index in [-0.39, 0.29) is 24.0 Å². The standard InChI is InChI=1S/C23H27F3N2O/c1-4-28-15(3)18-10-11-19(14(18)2)16-8-9-17(12-16)29-22-7-5-6-21(20(22)13-27)23(24,25)26/h4-7,10-11,16-17,19H,1,8-9,12-13,27H2,2-3H3/b28-15-/t16-,17+,19?/m0/s1. The van der Waals surface area contributed by atoms with Gasteiger partial charge in [0.05, 0.1) is 11.7 Å². The zero-order valence-corrected chi connectivity index (χ0v) is 16.8. The van der Waals surface area contributed by atoms with Crippen molar-refractivity contribution in [2.75, 3.05) is 0 Å². The molecular formula is C23H27F3N2O. The van der Waals surface area contributed by atoms with Crippen molar-refractivity contribution in [2.45, 2.75) is 51.9 Å². The zero-order valence-electron chi connectivity index (χ0n) is 16.8. The van der Waals surface area contributed by atoms with Crippen molar-refractivity contribution in [3.63, 3.8) is 0 Å². The van der Waals surface area contributed by atoms with Crippen LogP contribution in [0.5, 0.6) is 5.75 Å². The normalized spacial score (nSPS) is 25.0. The first-order valence-corrected chi connectivity index (χ1v) is 9.86. The Morgan fingerprint density at radius 1 is 1.34 bits per heavy atom. The average Bonchev–Trinajstić information content (AvgIpc) is 3.27. The van der Waals surface area contributed by atoms with Crippen LogP contribution in [-0.4, -0.2) is 11.8 Å². The summed E-state index contributed by atoms with van der Waals surface area (Å²) >= 11 is 0. The summed E-state index contributed by atoms with van der Waals surface area (Å²) in [6, 6.07) is 4.02. The van der Waals surface area contributed by atoms with Crippen molar-refractivity contribution in [2.24, 2.45) is 22.6 Å². The molecule has 2 aliphatic rings. The van der Waals surface area contributed by atoms with Crippen LogP contribution in [0.15, 0.2) is 59.3 Å². The Balaban J connectivity index is 1.73. The highest BCUT2D eigenvalue weighted by molar-refractivity contribution is 6.02. The highest BCUT2D eigenvalue weighted by Gasteiger charge is 2.36. The highest BCUT2D eigenvalue weighted by Crippen LogP contribution is 2.42. The molecule has 0 amide bonds. The van der Waals surface area contributed by atoms with Gasteiger partial charge in [-0.3, -0.25) is 4.99 Å². The Bertz CT molecular complexity index is 867. The topological polar surface area (TPSA) is 47.6 Å². The van der Waals surface area contributed by atoms with Gasteiger partial charge in [0.2, 0.25) is 0 Å². The fraction of sp³-hybridized carbons (Fsp3) is 0.435. The fourth-order valence-corrected chi connectivity index (χ4v) is 4.52. The van der Waals surface area contributed by atoms with Crippen LogP contribution in [0.25, 0.3) is 0 Å². The van der Waals surface area contributed by atoms with Crippen molar-refractivity contribution in [3.8, 4) is 5.75 Å². The van der Waals surface area contributed by atoms with Crippen LogP contribution in [0.4, 0.5) is 13.2 Å². The predicted molar refractivity (Wildman–Crippen MR) is 110 cm³/mol. The maximum Gasteiger partial charge on any atom is 0.416 e. The predicted octanol–water partition coefficient (Wildman–Crippen LogP) is 5.82. The van der Waals surface area contributed by atoms with E-state index < -0.39 is 11.7 Å². The largest absolute Gasteiger partial charge is 0.490 e. The molecule has 0 spiro atoms. The summed E-state index contributed by atoms with van der Waals surface area (Å²) < 4.78 is 45.8. The van der Waals surface area contributed by atoms with Gasteiger partial charge in [0.25, 0.3) is 0 Å². The SMILES string of the molecule is C=C/N=C(/C)C1=C(C)C([C@H]2CC[C@@H](Oc3cccc(C(F)(F)F)c3CN)C2)C=C1.